The van der Waals surface area contributed by atoms with Crippen molar-refractivity contribution in [2.24, 2.45) is 0 Å². The van der Waals surface area contributed by atoms with E-state index in [9.17, 15) is 0 Å². The van der Waals surface area contributed by atoms with E-state index in [2.05, 4.69) is 53.8 Å². The Morgan fingerprint density at radius 3 is 2.32 bits per heavy atom. The molecule has 4 heteroatoms. The lowest BCUT2D eigenvalue weighted by molar-refractivity contribution is 0.0784. The fraction of sp³-hybridized carbons (Fsp3) is 0.714. The molecule has 2 fully saturated rings. The number of hydrogen-bond donors (Lipinski definition) is 0. The summed E-state index contributed by atoms with van der Waals surface area (Å²) in [7, 11) is 2.30. The summed E-state index contributed by atoms with van der Waals surface area (Å²) in [5.74, 6) is 1.07. The van der Waals surface area contributed by atoms with Gasteiger partial charge in [-0.3, -0.25) is 9.80 Å². The van der Waals surface area contributed by atoms with Crippen molar-refractivity contribution in [1.82, 2.24) is 14.7 Å². The zero-order valence-electron chi connectivity index (χ0n) is 16.3. The predicted octanol–water partition coefficient (Wildman–Crippen LogP) is 2.78. The molecule has 1 aromatic rings. The highest BCUT2D eigenvalue weighted by molar-refractivity contribution is 5.39. The molecule has 0 bridgehead atoms. The molecule has 0 aromatic heterocycles. The van der Waals surface area contributed by atoms with Crippen LogP contribution in [0.15, 0.2) is 18.2 Å². The van der Waals surface area contributed by atoms with Gasteiger partial charge in [0.05, 0.1) is 0 Å². The van der Waals surface area contributed by atoms with Crippen LogP contribution < -0.4 is 4.74 Å². The number of rotatable bonds is 6. The van der Waals surface area contributed by atoms with Gasteiger partial charge in [0, 0.05) is 45.3 Å². The van der Waals surface area contributed by atoms with Crippen LogP contribution in [-0.4, -0.2) is 80.2 Å². The van der Waals surface area contributed by atoms with Gasteiger partial charge in [-0.25, -0.2) is 0 Å². The molecule has 0 aliphatic carbocycles. The minimum Gasteiger partial charge on any atom is -0.492 e. The third-order valence-corrected chi connectivity index (χ3v) is 5.92. The highest BCUT2D eigenvalue weighted by Gasteiger charge is 2.24. The summed E-state index contributed by atoms with van der Waals surface area (Å²) in [5, 5.41) is 0. The van der Waals surface area contributed by atoms with Gasteiger partial charge in [-0.1, -0.05) is 24.6 Å². The van der Waals surface area contributed by atoms with E-state index in [0.717, 1.165) is 24.9 Å². The highest BCUT2D eigenvalue weighted by Crippen LogP contribution is 2.22. The molecule has 1 aromatic carbocycles. The van der Waals surface area contributed by atoms with Gasteiger partial charge in [0.2, 0.25) is 0 Å². The Balaban J connectivity index is 1.36. The second kappa shape index (κ2) is 9.02. The van der Waals surface area contributed by atoms with Crippen molar-refractivity contribution in [3.8, 4) is 5.75 Å². The summed E-state index contributed by atoms with van der Waals surface area (Å²) < 4.78 is 6.07. The summed E-state index contributed by atoms with van der Waals surface area (Å²) in [4.78, 5) is 7.78. The Morgan fingerprint density at radius 1 is 0.960 bits per heavy atom. The Bertz CT molecular complexity index is 520. The maximum atomic E-state index is 6.07. The molecular weight excluding hydrogens is 310 g/mol. The number of piperidine rings is 1. The number of likely N-dealkylation sites (N-methyl/N-ethyl adjacent to an activating group) is 1. The number of hydrogen-bond acceptors (Lipinski definition) is 4. The normalized spacial score (nSPS) is 23.7. The fourth-order valence-electron chi connectivity index (χ4n) is 4.17. The van der Waals surface area contributed by atoms with Crippen molar-refractivity contribution in [2.75, 3.05) is 59.5 Å². The third kappa shape index (κ3) is 5.19. The summed E-state index contributed by atoms with van der Waals surface area (Å²) in [6, 6.07) is 7.13. The van der Waals surface area contributed by atoms with Gasteiger partial charge in [-0.15, -0.1) is 0 Å². The van der Waals surface area contributed by atoms with Gasteiger partial charge in [-0.2, -0.15) is 0 Å². The van der Waals surface area contributed by atoms with E-state index in [4.69, 9.17) is 4.74 Å². The molecule has 0 amide bonds. The van der Waals surface area contributed by atoms with Crippen LogP contribution >= 0.6 is 0 Å². The zero-order chi connectivity index (χ0) is 17.6. The third-order valence-electron chi connectivity index (χ3n) is 5.92. The predicted molar refractivity (Wildman–Crippen MR) is 105 cm³/mol. The molecule has 2 aliphatic rings. The number of nitrogens with zero attached hydrogens (tertiary/aromatic N) is 3. The van der Waals surface area contributed by atoms with E-state index in [1.54, 1.807) is 0 Å². The van der Waals surface area contributed by atoms with Gasteiger partial charge in [0.15, 0.2) is 0 Å². The Hall–Kier alpha value is -1.10. The minimum atomic E-state index is 0.771. The number of ether oxygens (including phenoxy) is 1. The van der Waals surface area contributed by atoms with E-state index in [-0.39, 0.29) is 0 Å². The fourth-order valence-corrected chi connectivity index (χ4v) is 4.17. The lowest BCUT2D eigenvalue weighted by Crippen LogP contribution is -2.52. The summed E-state index contributed by atoms with van der Waals surface area (Å²) in [6.45, 7) is 13.4. The van der Waals surface area contributed by atoms with Crippen LogP contribution in [-0.2, 0) is 0 Å². The largest absolute Gasteiger partial charge is 0.492 e. The minimum absolute atomic E-state index is 0.771. The molecule has 0 spiro atoms. The van der Waals surface area contributed by atoms with E-state index in [0.29, 0.717) is 0 Å². The van der Waals surface area contributed by atoms with Crippen LogP contribution in [0.1, 0.15) is 30.4 Å². The van der Waals surface area contributed by atoms with Crippen molar-refractivity contribution in [3.63, 3.8) is 0 Å². The maximum absolute atomic E-state index is 6.07. The standard InChI is InChI=1S/C21H35N3O/c1-18-7-6-8-19(2)21(18)25-16-15-23-11-13-24(14-12-23)17-20-9-4-5-10-22(20)3/h6-8,20H,4-5,9-17H2,1-3H3/t20-/m1/s1. The van der Waals surface area contributed by atoms with Gasteiger partial charge < -0.3 is 9.64 Å². The Kier molecular flexibility index (Phi) is 6.74. The van der Waals surface area contributed by atoms with Crippen LogP contribution in [0.5, 0.6) is 5.75 Å². The molecule has 25 heavy (non-hydrogen) atoms. The number of aryl methyl sites for hydroxylation is 2. The molecule has 2 saturated heterocycles. The van der Waals surface area contributed by atoms with Gasteiger partial charge in [0.25, 0.3) is 0 Å². The molecule has 0 radical (unpaired) electrons. The quantitative estimate of drug-likeness (QED) is 0.789. The van der Waals surface area contributed by atoms with Crippen molar-refractivity contribution < 1.29 is 4.74 Å². The Morgan fingerprint density at radius 2 is 1.64 bits per heavy atom. The van der Waals surface area contributed by atoms with Gasteiger partial charge in [0.1, 0.15) is 12.4 Å². The molecule has 0 saturated carbocycles. The van der Waals surface area contributed by atoms with E-state index in [1.807, 2.05) is 0 Å². The molecule has 0 N–H and O–H groups in total. The van der Waals surface area contributed by atoms with Crippen LogP contribution in [0.3, 0.4) is 0 Å². The average molecular weight is 346 g/mol. The van der Waals surface area contributed by atoms with Crippen LogP contribution in [0.2, 0.25) is 0 Å². The second-order valence-electron chi connectivity index (χ2n) is 7.84. The molecule has 2 aliphatic heterocycles. The topological polar surface area (TPSA) is 19.0 Å². The van der Waals surface area contributed by atoms with Crippen molar-refractivity contribution in [3.05, 3.63) is 29.3 Å². The van der Waals surface area contributed by atoms with E-state index >= 15 is 0 Å². The first kappa shape index (κ1) is 18.7. The first-order chi connectivity index (χ1) is 12.1. The molecule has 2 heterocycles. The van der Waals surface area contributed by atoms with Crippen LogP contribution in [0.4, 0.5) is 0 Å². The number of likely N-dealkylation sites (tertiary alicyclic amines) is 1. The maximum Gasteiger partial charge on any atom is 0.125 e. The second-order valence-corrected chi connectivity index (χ2v) is 7.84. The Labute approximate surface area is 153 Å². The lowest BCUT2D eigenvalue weighted by atomic mass is 10.0. The average Bonchev–Trinajstić information content (AvgIpc) is 2.61. The molecule has 1 atom stereocenters. The molecular formula is C21H35N3O. The number of benzene rings is 1. The number of piperazine rings is 1. The monoisotopic (exact) mass is 345 g/mol. The van der Waals surface area contributed by atoms with Crippen molar-refractivity contribution >= 4 is 0 Å². The van der Waals surface area contributed by atoms with Crippen LogP contribution in [0.25, 0.3) is 0 Å². The SMILES string of the molecule is Cc1cccc(C)c1OCCN1CCN(C[C@H]2CCCCN2C)CC1. The molecule has 0 unspecified atom stereocenters. The van der Waals surface area contributed by atoms with Crippen molar-refractivity contribution in [1.29, 1.82) is 0 Å². The smallest absolute Gasteiger partial charge is 0.125 e. The molecule has 140 valence electrons. The molecule has 4 nitrogen and oxygen atoms in total. The summed E-state index contributed by atoms with van der Waals surface area (Å²) in [6.07, 6.45) is 4.16. The van der Waals surface area contributed by atoms with Crippen LogP contribution in [0, 0.1) is 13.8 Å². The summed E-state index contributed by atoms with van der Waals surface area (Å²) >= 11 is 0. The first-order valence-corrected chi connectivity index (χ1v) is 9.97. The van der Waals surface area contributed by atoms with E-state index in [1.165, 1.54) is 69.7 Å². The summed E-state index contributed by atoms with van der Waals surface area (Å²) in [5.41, 5.74) is 2.47. The highest BCUT2D eigenvalue weighted by atomic mass is 16.5. The molecule has 3 rings (SSSR count). The van der Waals surface area contributed by atoms with Crippen molar-refractivity contribution in [2.45, 2.75) is 39.2 Å². The first-order valence-electron chi connectivity index (χ1n) is 9.97. The lowest BCUT2D eigenvalue weighted by Gasteiger charge is -2.40. The zero-order valence-corrected chi connectivity index (χ0v) is 16.3. The van der Waals surface area contributed by atoms with Gasteiger partial charge in [-0.05, 0) is 51.4 Å². The van der Waals surface area contributed by atoms with Gasteiger partial charge >= 0.3 is 0 Å². The van der Waals surface area contributed by atoms with E-state index < -0.39 is 0 Å². The number of para-hydroxylation sites is 1.